The minimum Gasteiger partial charge on any atom is -0.480 e. The van der Waals surface area contributed by atoms with Crippen molar-refractivity contribution in [3.63, 3.8) is 0 Å². The molecule has 50 heavy (non-hydrogen) atoms. The van der Waals surface area contributed by atoms with E-state index >= 15 is 0 Å². The Kier molecular flexibility index (Phi) is 16.1. The Morgan fingerprint density at radius 3 is 1.46 bits per heavy atom. The van der Waals surface area contributed by atoms with Crippen molar-refractivity contribution >= 4 is 29.6 Å². The highest BCUT2D eigenvalue weighted by molar-refractivity contribution is 5.96. The molecule has 0 aliphatic rings. The lowest BCUT2D eigenvalue weighted by atomic mass is 10.0. The average Bonchev–Trinajstić information content (AvgIpc) is 3.10. The summed E-state index contributed by atoms with van der Waals surface area (Å²) in [6, 6.07) is 20.7. The third kappa shape index (κ3) is 13.1. The summed E-state index contributed by atoms with van der Waals surface area (Å²) in [5.41, 5.74) is 14.0. The van der Waals surface area contributed by atoms with E-state index in [1.165, 1.54) is 6.92 Å². The summed E-state index contributed by atoms with van der Waals surface area (Å²) in [4.78, 5) is 65.9. The van der Waals surface area contributed by atoms with E-state index in [9.17, 15) is 34.2 Å². The molecule has 0 unspecified atom stereocenters. The van der Waals surface area contributed by atoms with Crippen LogP contribution in [-0.2, 0) is 43.2 Å². The van der Waals surface area contributed by atoms with Gasteiger partial charge in [-0.15, -0.1) is 0 Å². The molecule has 3 aromatic carbocycles. The van der Waals surface area contributed by atoms with E-state index in [0.717, 1.165) is 11.1 Å². The molecular formula is C37H48N6O7. The number of unbranched alkanes of at least 4 members (excludes halogenated alkanes) is 1. The summed E-state index contributed by atoms with van der Waals surface area (Å²) in [5.74, 6) is -4.21. The second-order valence-electron chi connectivity index (χ2n) is 12.2. The van der Waals surface area contributed by atoms with Crippen molar-refractivity contribution in [2.75, 3.05) is 6.54 Å². The lowest BCUT2D eigenvalue weighted by Crippen LogP contribution is -2.61. The SMILES string of the molecule is C[C@@H](O)[C@H](NC(=O)[C@H](Cc1ccccc1)NC(=O)[C@@H](N)Cc1ccccc1)C(=O)N[C@@H](Cc1ccccc1)C(=O)N[C@@H](CCCCN)C(=O)O. The number of hydrogen-bond acceptors (Lipinski definition) is 8. The zero-order valence-electron chi connectivity index (χ0n) is 28.2. The number of nitrogens with one attached hydrogen (secondary N) is 4. The van der Waals surface area contributed by atoms with Gasteiger partial charge in [0.15, 0.2) is 0 Å². The van der Waals surface area contributed by atoms with Crippen molar-refractivity contribution in [1.82, 2.24) is 21.3 Å². The lowest BCUT2D eigenvalue weighted by Gasteiger charge is -2.28. The predicted molar refractivity (Wildman–Crippen MR) is 188 cm³/mol. The number of benzene rings is 3. The summed E-state index contributed by atoms with van der Waals surface area (Å²) < 4.78 is 0. The molecule has 13 heteroatoms. The molecule has 0 saturated heterocycles. The van der Waals surface area contributed by atoms with Gasteiger partial charge in [0, 0.05) is 12.8 Å². The van der Waals surface area contributed by atoms with Crippen LogP contribution < -0.4 is 32.7 Å². The number of carbonyl (C=O) groups is 5. The largest absolute Gasteiger partial charge is 0.480 e. The first-order chi connectivity index (χ1) is 24.0. The van der Waals surface area contributed by atoms with Crippen molar-refractivity contribution in [3.8, 4) is 0 Å². The van der Waals surface area contributed by atoms with Gasteiger partial charge in [-0.3, -0.25) is 19.2 Å². The highest BCUT2D eigenvalue weighted by Crippen LogP contribution is 2.10. The van der Waals surface area contributed by atoms with Crippen molar-refractivity contribution < 1.29 is 34.2 Å². The van der Waals surface area contributed by atoms with Crippen LogP contribution in [0.3, 0.4) is 0 Å². The van der Waals surface area contributed by atoms with E-state index < -0.39 is 65.9 Å². The van der Waals surface area contributed by atoms with Gasteiger partial charge in [0.1, 0.15) is 24.2 Å². The van der Waals surface area contributed by atoms with Crippen molar-refractivity contribution in [2.45, 2.75) is 81.8 Å². The van der Waals surface area contributed by atoms with Crippen LogP contribution in [0.5, 0.6) is 0 Å². The molecule has 0 aromatic heterocycles. The number of hydrogen-bond donors (Lipinski definition) is 8. The minimum atomic E-state index is -1.54. The van der Waals surface area contributed by atoms with Gasteiger partial charge in [-0.25, -0.2) is 4.79 Å². The summed E-state index contributed by atoms with van der Waals surface area (Å²) >= 11 is 0. The summed E-state index contributed by atoms with van der Waals surface area (Å²) in [7, 11) is 0. The quantitative estimate of drug-likeness (QED) is 0.0776. The van der Waals surface area contributed by atoms with Crippen LogP contribution in [0.1, 0.15) is 42.9 Å². The number of amides is 4. The van der Waals surface area contributed by atoms with E-state index in [1.807, 2.05) is 36.4 Å². The molecule has 268 valence electrons. The van der Waals surface area contributed by atoms with E-state index in [1.54, 1.807) is 54.6 Å². The Morgan fingerprint density at radius 1 is 0.600 bits per heavy atom. The van der Waals surface area contributed by atoms with Crippen LogP contribution in [0.25, 0.3) is 0 Å². The van der Waals surface area contributed by atoms with Gasteiger partial charge in [-0.1, -0.05) is 91.0 Å². The van der Waals surface area contributed by atoms with Crippen LogP contribution >= 0.6 is 0 Å². The van der Waals surface area contributed by atoms with Crippen LogP contribution in [0, 0.1) is 0 Å². The maximum Gasteiger partial charge on any atom is 0.326 e. The van der Waals surface area contributed by atoms with Crippen molar-refractivity contribution in [1.29, 1.82) is 0 Å². The standard InChI is InChI=1S/C37H48N6O7/c1-24(44)32(36(48)42-30(22-26-15-7-3-8-16-26)34(46)40-29(37(49)50)19-11-12-20-38)43-35(47)31(23-27-17-9-4-10-18-27)41-33(45)28(39)21-25-13-5-2-6-14-25/h2-10,13-18,24,28-32,44H,11-12,19-23,38-39H2,1H3,(H,40,46)(H,41,45)(H,42,48)(H,43,47)(H,49,50)/t24-,28+,29+,30+,31+,32+/m1/s1. The number of carboxylic acid groups (broad SMARTS) is 1. The van der Waals surface area contributed by atoms with E-state index in [4.69, 9.17) is 11.5 Å². The molecule has 6 atom stereocenters. The molecule has 3 rings (SSSR count). The first-order valence-corrected chi connectivity index (χ1v) is 16.7. The molecule has 0 fully saturated rings. The molecule has 0 radical (unpaired) electrons. The number of nitrogens with two attached hydrogens (primary N) is 2. The second-order valence-corrected chi connectivity index (χ2v) is 12.2. The van der Waals surface area contributed by atoms with E-state index in [2.05, 4.69) is 21.3 Å². The Morgan fingerprint density at radius 2 is 1.02 bits per heavy atom. The third-order valence-electron chi connectivity index (χ3n) is 8.09. The number of aliphatic hydroxyl groups excluding tert-OH is 1. The van der Waals surface area contributed by atoms with Gasteiger partial charge in [0.2, 0.25) is 23.6 Å². The van der Waals surface area contributed by atoms with Gasteiger partial charge in [-0.05, 0) is 55.8 Å². The molecule has 3 aromatic rings. The monoisotopic (exact) mass is 688 g/mol. The van der Waals surface area contributed by atoms with Gasteiger partial charge >= 0.3 is 5.97 Å². The first kappa shape index (κ1) is 39.3. The molecule has 0 bridgehead atoms. The number of aliphatic carboxylic acids is 1. The van der Waals surface area contributed by atoms with Gasteiger partial charge < -0.3 is 42.9 Å². The number of aliphatic hydroxyl groups is 1. The smallest absolute Gasteiger partial charge is 0.326 e. The highest BCUT2D eigenvalue weighted by atomic mass is 16.4. The Labute approximate surface area is 292 Å². The van der Waals surface area contributed by atoms with Gasteiger partial charge in [0.05, 0.1) is 12.1 Å². The van der Waals surface area contributed by atoms with Crippen LogP contribution in [0.2, 0.25) is 0 Å². The molecule has 0 heterocycles. The second kappa shape index (κ2) is 20.4. The fraction of sp³-hybridized carbons (Fsp3) is 0.378. The molecule has 0 saturated carbocycles. The molecule has 0 spiro atoms. The fourth-order valence-corrected chi connectivity index (χ4v) is 5.30. The summed E-state index contributed by atoms with van der Waals surface area (Å²) in [5, 5.41) is 30.7. The molecule has 0 aliphatic heterocycles. The van der Waals surface area contributed by atoms with E-state index in [0.29, 0.717) is 24.9 Å². The predicted octanol–water partition coefficient (Wildman–Crippen LogP) is 0.575. The lowest BCUT2D eigenvalue weighted by molar-refractivity contribution is -0.142. The van der Waals surface area contributed by atoms with Crippen LogP contribution in [0.15, 0.2) is 91.0 Å². The Bertz CT molecular complexity index is 1530. The summed E-state index contributed by atoms with van der Waals surface area (Å²) in [6.45, 7) is 1.67. The average molecular weight is 689 g/mol. The molecular weight excluding hydrogens is 640 g/mol. The summed E-state index contributed by atoms with van der Waals surface area (Å²) in [6.07, 6.45) is 0.0497. The maximum absolute atomic E-state index is 13.7. The van der Waals surface area contributed by atoms with Crippen molar-refractivity contribution in [3.05, 3.63) is 108 Å². The number of carboxylic acids is 1. The van der Waals surface area contributed by atoms with Crippen LogP contribution in [0.4, 0.5) is 0 Å². The fourth-order valence-electron chi connectivity index (χ4n) is 5.30. The topological polar surface area (TPSA) is 226 Å². The molecule has 4 amide bonds. The highest BCUT2D eigenvalue weighted by Gasteiger charge is 2.34. The molecule has 0 aliphatic carbocycles. The zero-order valence-corrected chi connectivity index (χ0v) is 28.2. The van der Waals surface area contributed by atoms with E-state index in [-0.39, 0.29) is 25.7 Å². The third-order valence-corrected chi connectivity index (χ3v) is 8.09. The minimum absolute atomic E-state index is 0.0000205. The van der Waals surface area contributed by atoms with Crippen molar-refractivity contribution in [2.24, 2.45) is 11.5 Å². The number of carbonyl (C=O) groups excluding carboxylic acids is 4. The molecule has 10 N–H and O–H groups in total. The maximum atomic E-state index is 13.7. The van der Waals surface area contributed by atoms with Gasteiger partial charge in [-0.2, -0.15) is 0 Å². The molecule has 13 nitrogen and oxygen atoms in total. The van der Waals surface area contributed by atoms with Crippen LogP contribution in [-0.4, -0.2) is 82.7 Å². The zero-order chi connectivity index (χ0) is 36.5. The number of rotatable bonds is 20. The first-order valence-electron chi connectivity index (χ1n) is 16.7. The van der Waals surface area contributed by atoms with Gasteiger partial charge in [0.25, 0.3) is 0 Å². The normalized spacial score (nSPS) is 14.6. The Hall–Kier alpha value is -5.11. The Balaban J connectivity index is 1.80.